The molecule has 3 aromatic rings. The van der Waals surface area contributed by atoms with Crippen LogP contribution in [0.15, 0.2) is 70.0 Å². The van der Waals surface area contributed by atoms with Crippen LogP contribution in [-0.4, -0.2) is 22.0 Å². The summed E-state index contributed by atoms with van der Waals surface area (Å²) >= 11 is 0.760. The van der Waals surface area contributed by atoms with Crippen molar-refractivity contribution < 1.29 is 23.7 Å². The minimum atomic E-state index is -0.518. The summed E-state index contributed by atoms with van der Waals surface area (Å²) in [5.74, 6) is -0.192. The van der Waals surface area contributed by atoms with Crippen molar-refractivity contribution in [2.24, 2.45) is 0 Å². The highest BCUT2D eigenvalue weighted by atomic mass is 32.2. The molecule has 9 nitrogen and oxygen atoms in total. The Morgan fingerprint density at radius 1 is 1.09 bits per heavy atom. The molecule has 1 aliphatic rings. The van der Waals surface area contributed by atoms with Crippen molar-refractivity contribution in [3.8, 4) is 11.3 Å². The lowest BCUT2D eigenvalue weighted by Crippen LogP contribution is -2.27. The molecule has 32 heavy (non-hydrogen) atoms. The fourth-order valence-electron chi connectivity index (χ4n) is 3.13. The number of hydrogen-bond donors (Lipinski definition) is 1. The molecule has 0 unspecified atom stereocenters. The third-order valence-corrected chi connectivity index (χ3v) is 5.38. The molecule has 1 aliphatic heterocycles. The van der Waals surface area contributed by atoms with E-state index < -0.39 is 16.1 Å². The predicted molar refractivity (Wildman–Crippen MR) is 120 cm³/mol. The molecule has 2 heterocycles. The van der Waals surface area contributed by atoms with Crippen molar-refractivity contribution in [2.75, 3.05) is 10.2 Å². The van der Waals surface area contributed by atoms with Crippen LogP contribution in [0.4, 0.5) is 21.9 Å². The number of nitrogens with zero attached hydrogens (tertiary/aromatic N) is 2. The molecular weight excluding hydrogens is 434 g/mol. The molecule has 4 rings (SSSR count). The lowest BCUT2D eigenvalue weighted by Gasteiger charge is -2.13. The van der Waals surface area contributed by atoms with E-state index >= 15 is 0 Å². The van der Waals surface area contributed by atoms with Crippen LogP contribution in [0.3, 0.4) is 0 Å². The van der Waals surface area contributed by atoms with Gasteiger partial charge >= 0.3 is 0 Å². The maximum absolute atomic E-state index is 12.8. The summed E-state index contributed by atoms with van der Waals surface area (Å²) in [7, 11) is 0. The van der Waals surface area contributed by atoms with Gasteiger partial charge in [-0.1, -0.05) is 12.1 Å². The van der Waals surface area contributed by atoms with Gasteiger partial charge in [-0.3, -0.25) is 24.5 Å². The van der Waals surface area contributed by atoms with Crippen LogP contribution in [0, 0.1) is 10.1 Å². The van der Waals surface area contributed by atoms with Gasteiger partial charge in [-0.25, -0.2) is 4.90 Å². The molecule has 0 bridgehead atoms. The summed E-state index contributed by atoms with van der Waals surface area (Å²) in [6, 6.07) is 15.6. The van der Waals surface area contributed by atoms with E-state index in [0.29, 0.717) is 16.9 Å². The number of anilines is 2. The summed E-state index contributed by atoms with van der Waals surface area (Å²) in [6.07, 6.45) is 1.43. The topological polar surface area (TPSA) is 123 Å². The fraction of sp³-hybridized carbons (Fsp3) is 0.0455. The molecule has 0 atom stereocenters. The van der Waals surface area contributed by atoms with Gasteiger partial charge in [-0.2, -0.15) is 0 Å². The molecule has 10 heteroatoms. The standard InChI is InChI=1S/C22H15N3O6S/c1-13(26)23-14-6-8-15(9-7-14)24-21(27)20(32-22(24)28)12-16-10-11-19(31-16)17-4-2-3-5-18(17)25(29)30/h2-12H,1H3,(H,23,26)/b20-12+. The van der Waals surface area contributed by atoms with Gasteiger partial charge in [0, 0.05) is 24.8 Å². The summed E-state index contributed by atoms with van der Waals surface area (Å²) < 4.78 is 5.68. The van der Waals surface area contributed by atoms with Crippen molar-refractivity contribution in [3.63, 3.8) is 0 Å². The summed E-state index contributed by atoms with van der Waals surface area (Å²) in [4.78, 5) is 48.3. The number of hydrogen-bond acceptors (Lipinski definition) is 7. The summed E-state index contributed by atoms with van der Waals surface area (Å²) in [6.45, 7) is 1.38. The number of para-hydroxylation sites is 1. The quantitative estimate of drug-likeness (QED) is 0.328. The Morgan fingerprint density at radius 2 is 1.81 bits per heavy atom. The number of rotatable bonds is 5. The van der Waals surface area contributed by atoms with Crippen LogP contribution in [-0.2, 0) is 9.59 Å². The number of nitro benzene ring substituents is 1. The first-order chi connectivity index (χ1) is 15.3. The van der Waals surface area contributed by atoms with Crippen molar-refractivity contribution in [3.05, 3.63) is 81.4 Å². The zero-order chi connectivity index (χ0) is 22.8. The van der Waals surface area contributed by atoms with E-state index in [1.54, 1.807) is 54.6 Å². The highest BCUT2D eigenvalue weighted by Crippen LogP contribution is 2.37. The van der Waals surface area contributed by atoms with E-state index in [1.807, 2.05) is 0 Å². The smallest absolute Gasteiger partial charge is 0.298 e. The van der Waals surface area contributed by atoms with E-state index in [0.717, 1.165) is 16.7 Å². The first-order valence-electron chi connectivity index (χ1n) is 9.33. The number of carbonyl (C=O) groups is 3. The van der Waals surface area contributed by atoms with E-state index in [4.69, 9.17) is 4.42 Å². The molecule has 0 spiro atoms. The van der Waals surface area contributed by atoms with Crippen LogP contribution in [0.25, 0.3) is 17.4 Å². The molecule has 3 amide bonds. The average Bonchev–Trinajstić information content (AvgIpc) is 3.33. The van der Waals surface area contributed by atoms with Gasteiger partial charge in [0.1, 0.15) is 11.5 Å². The molecule has 160 valence electrons. The Morgan fingerprint density at radius 3 is 2.50 bits per heavy atom. The second kappa shape index (κ2) is 8.52. The molecule has 1 fully saturated rings. The molecular formula is C22H15N3O6S. The van der Waals surface area contributed by atoms with Gasteiger partial charge in [0.05, 0.1) is 21.1 Å². The zero-order valence-electron chi connectivity index (χ0n) is 16.6. The number of carbonyl (C=O) groups excluding carboxylic acids is 3. The normalized spacial score (nSPS) is 14.8. The number of nitro groups is 1. The number of imide groups is 1. The van der Waals surface area contributed by atoms with Gasteiger partial charge in [0.15, 0.2) is 0 Å². The third-order valence-electron chi connectivity index (χ3n) is 4.51. The number of benzene rings is 2. The molecule has 0 aliphatic carbocycles. The Bertz CT molecular complexity index is 1280. The Hall–Kier alpha value is -4.18. The number of thioether (sulfide) groups is 1. The van der Waals surface area contributed by atoms with Crippen molar-refractivity contribution in [2.45, 2.75) is 6.92 Å². The third kappa shape index (κ3) is 4.16. The summed E-state index contributed by atoms with van der Waals surface area (Å²) in [5, 5.41) is 13.4. The molecule has 1 N–H and O–H groups in total. The van der Waals surface area contributed by atoms with E-state index in [-0.39, 0.29) is 28.0 Å². The van der Waals surface area contributed by atoms with Crippen LogP contribution >= 0.6 is 11.8 Å². The minimum Gasteiger partial charge on any atom is -0.456 e. The SMILES string of the molecule is CC(=O)Nc1ccc(N2C(=O)S/C(=C/c3ccc(-c4ccccc4[N+](=O)[O-])o3)C2=O)cc1. The van der Waals surface area contributed by atoms with Crippen LogP contribution in [0.1, 0.15) is 12.7 Å². The predicted octanol–water partition coefficient (Wildman–Crippen LogP) is 5.05. The number of amides is 3. The lowest BCUT2D eigenvalue weighted by molar-refractivity contribution is -0.384. The second-order valence-corrected chi connectivity index (χ2v) is 7.71. The average molecular weight is 449 g/mol. The van der Waals surface area contributed by atoms with E-state index in [9.17, 15) is 24.5 Å². The maximum atomic E-state index is 12.8. The molecule has 0 saturated carbocycles. The minimum absolute atomic E-state index is 0.101. The van der Waals surface area contributed by atoms with Crippen molar-refractivity contribution in [1.82, 2.24) is 0 Å². The Labute approximate surface area is 185 Å². The maximum Gasteiger partial charge on any atom is 0.298 e. The number of furan rings is 1. The Kier molecular flexibility index (Phi) is 5.61. The first-order valence-corrected chi connectivity index (χ1v) is 10.1. The highest BCUT2D eigenvalue weighted by Gasteiger charge is 2.36. The lowest BCUT2D eigenvalue weighted by atomic mass is 10.1. The van der Waals surface area contributed by atoms with Gasteiger partial charge in [0.2, 0.25) is 5.91 Å². The van der Waals surface area contributed by atoms with Crippen LogP contribution in [0.2, 0.25) is 0 Å². The second-order valence-electron chi connectivity index (χ2n) is 6.72. The van der Waals surface area contributed by atoms with Crippen LogP contribution < -0.4 is 10.2 Å². The Balaban J connectivity index is 1.58. The van der Waals surface area contributed by atoms with Crippen LogP contribution in [0.5, 0.6) is 0 Å². The van der Waals surface area contributed by atoms with Gasteiger partial charge in [-0.15, -0.1) is 0 Å². The number of nitrogens with one attached hydrogen (secondary N) is 1. The van der Waals surface area contributed by atoms with Crippen molar-refractivity contribution >= 4 is 52.0 Å². The summed E-state index contributed by atoms with van der Waals surface area (Å²) in [5.41, 5.74) is 1.12. The van der Waals surface area contributed by atoms with Gasteiger partial charge in [-0.05, 0) is 54.2 Å². The fourth-order valence-corrected chi connectivity index (χ4v) is 3.95. The zero-order valence-corrected chi connectivity index (χ0v) is 17.4. The molecule has 1 aromatic heterocycles. The first kappa shape index (κ1) is 21.1. The van der Waals surface area contributed by atoms with Crippen molar-refractivity contribution in [1.29, 1.82) is 0 Å². The van der Waals surface area contributed by atoms with Gasteiger partial charge in [0.25, 0.3) is 16.8 Å². The molecule has 2 aromatic carbocycles. The molecule has 1 saturated heterocycles. The van der Waals surface area contributed by atoms with E-state index in [1.165, 1.54) is 19.1 Å². The monoisotopic (exact) mass is 449 g/mol. The largest absolute Gasteiger partial charge is 0.456 e. The van der Waals surface area contributed by atoms with Gasteiger partial charge < -0.3 is 9.73 Å². The molecule has 0 radical (unpaired) electrons. The highest BCUT2D eigenvalue weighted by molar-refractivity contribution is 8.19. The van der Waals surface area contributed by atoms with E-state index in [2.05, 4.69) is 5.32 Å².